The topological polar surface area (TPSA) is 28.2 Å². The molecule has 1 rings (SSSR count). The Kier molecular flexibility index (Phi) is 6.13. The van der Waals surface area contributed by atoms with Crippen molar-refractivity contribution >= 4 is 5.82 Å². The summed E-state index contributed by atoms with van der Waals surface area (Å²) in [4.78, 5) is 7.14. The molecule has 0 aliphatic carbocycles. The molecule has 1 N–H and O–H groups in total. The van der Waals surface area contributed by atoms with E-state index in [1.54, 1.807) is 0 Å². The Hall–Kier alpha value is -1.09. The van der Waals surface area contributed by atoms with Crippen LogP contribution in [0.3, 0.4) is 0 Å². The second-order valence-electron chi connectivity index (χ2n) is 4.99. The van der Waals surface area contributed by atoms with Crippen LogP contribution in [0, 0.1) is 0 Å². The maximum atomic E-state index is 4.80. The van der Waals surface area contributed by atoms with E-state index in [9.17, 15) is 0 Å². The summed E-state index contributed by atoms with van der Waals surface area (Å²) in [5.41, 5.74) is 2.53. The predicted molar refractivity (Wildman–Crippen MR) is 79.2 cm³/mol. The highest BCUT2D eigenvalue weighted by Gasteiger charge is 2.11. The fourth-order valence-electron chi connectivity index (χ4n) is 2.26. The van der Waals surface area contributed by atoms with Gasteiger partial charge in [0.25, 0.3) is 0 Å². The van der Waals surface area contributed by atoms with Crippen LogP contribution in [0.4, 0.5) is 5.82 Å². The fraction of sp³-hybridized carbons (Fsp3) is 0.667. The summed E-state index contributed by atoms with van der Waals surface area (Å²) in [5.74, 6) is 1.11. The first-order valence-electron chi connectivity index (χ1n) is 7.03. The lowest BCUT2D eigenvalue weighted by atomic mass is 10.1. The Labute approximate surface area is 112 Å². The third-order valence-electron chi connectivity index (χ3n) is 3.07. The monoisotopic (exact) mass is 249 g/mol. The number of nitrogens with one attached hydrogen (secondary N) is 1. The van der Waals surface area contributed by atoms with Gasteiger partial charge in [-0.3, -0.25) is 0 Å². The average molecular weight is 249 g/mol. The van der Waals surface area contributed by atoms with Gasteiger partial charge in [-0.2, -0.15) is 0 Å². The lowest BCUT2D eigenvalue weighted by molar-refractivity contribution is 0.687. The molecule has 3 heteroatoms. The van der Waals surface area contributed by atoms with E-state index in [0.29, 0.717) is 6.04 Å². The number of hydrogen-bond donors (Lipinski definition) is 1. The van der Waals surface area contributed by atoms with Crippen molar-refractivity contribution in [3.05, 3.63) is 23.4 Å². The van der Waals surface area contributed by atoms with Crippen molar-refractivity contribution in [3.63, 3.8) is 0 Å². The molecule has 0 aromatic carbocycles. The Bertz CT molecular complexity index is 337. The van der Waals surface area contributed by atoms with E-state index < -0.39 is 0 Å². The minimum Gasteiger partial charge on any atom is -0.354 e. The number of aromatic nitrogens is 1. The minimum absolute atomic E-state index is 0.488. The van der Waals surface area contributed by atoms with Crippen molar-refractivity contribution in [2.24, 2.45) is 0 Å². The molecular weight excluding hydrogens is 222 g/mol. The highest BCUT2D eigenvalue weighted by Crippen LogP contribution is 2.18. The zero-order valence-corrected chi connectivity index (χ0v) is 12.5. The molecule has 0 spiro atoms. The normalized spacial score (nSPS) is 11.0. The van der Waals surface area contributed by atoms with E-state index in [-0.39, 0.29) is 0 Å². The van der Waals surface area contributed by atoms with Crippen molar-refractivity contribution < 1.29 is 0 Å². The van der Waals surface area contributed by atoms with Crippen LogP contribution in [0.25, 0.3) is 0 Å². The highest BCUT2D eigenvalue weighted by atomic mass is 15.2. The zero-order valence-electron chi connectivity index (χ0n) is 12.5. The van der Waals surface area contributed by atoms with Crippen LogP contribution in [0.5, 0.6) is 0 Å². The molecular formula is C15H27N3. The molecule has 0 fully saturated rings. The summed E-state index contributed by atoms with van der Waals surface area (Å²) < 4.78 is 0. The molecule has 18 heavy (non-hydrogen) atoms. The Morgan fingerprint density at radius 1 is 1.28 bits per heavy atom. The SMILES string of the molecule is CCCc1cc(CNC)cc(N(CC)C(C)C)n1. The number of nitrogens with zero attached hydrogens (tertiary/aromatic N) is 2. The second-order valence-corrected chi connectivity index (χ2v) is 4.99. The summed E-state index contributed by atoms with van der Waals surface area (Å²) >= 11 is 0. The largest absolute Gasteiger partial charge is 0.354 e. The number of rotatable bonds is 7. The maximum absolute atomic E-state index is 4.80. The van der Waals surface area contributed by atoms with Crippen LogP contribution < -0.4 is 10.2 Å². The molecule has 0 saturated carbocycles. The lowest BCUT2D eigenvalue weighted by Gasteiger charge is -2.27. The molecule has 0 amide bonds. The first kappa shape index (κ1) is 15.0. The Morgan fingerprint density at radius 2 is 2.00 bits per heavy atom. The summed E-state index contributed by atoms with van der Waals surface area (Å²) in [6.07, 6.45) is 2.20. The van der Waals surface area contributed by atoms with Gasteiger partial charge in [0.1, 0.15) is 5.82 Å². The summed E-state index contributed by atoms with van der Waals surface area (Å²) in [6, 6.07) is 4.92. The molecule has 0 unspecified atom stereocenters. The summed E-state index contributed by atoms with van der Waals surface area (Å²) in [7, 11) is 1.99. The first-order valence-corrected chi connectivity index (χ1v) is 7.03. The molecule has 0 bridgehead atoms. The smallest absolute Gasteiger partial charge is 0.129 e. The molecule has 1 heterocycles. The average Bonchev–Trinajstić information content (AvgIpc) is 2.30. The molecule has 0 saturated heterocycles. The van der Waals surface area contributed by atoms with Gasteiger partial charge in [-0.1, -0.05) is 13.3 Å². The third-order valence-corrected chi connectivity index (χ3v) is 3.07. The predicted octanol–water partition coefficient (Wildman–Crippen LogP) is 2.99. The molecule has 1 aromatic heterocycles. The van der Waals surface area contributed by atoms with Gasteiger partial charge in [-0.15, -0.1) is 0 Å². The zero-order chi connectivity index (χ0) is 13.5. The number of pyridine rings is 1. The Morgan fingerprint density at radius 3 is 2.50 bits per heavy atom. The lowest BCUT2D eigenvalue weighted by Crippen LogP contribution is -2.31. The molecule has 0 radical (unpaired) electrons. The van der Waals surface area contributed by atoms with Crippen LogP contribution in [-0.2, 0) is 13.0 Å². The van der Waals surface area contributed by atoms with Crippen LogP contribution >= 0.6 is 0 Å². The standard InChI is InChI=1S/C15H27N3/c1-6-8-14-9-13(11-16-5)10-15(17-14)18(7-2)12(3)4/h9-10,12,16H,6-8,11H2,1-5H3. The second kappa shape index (κ2) is 7.37. The van der Waals surface area contributed by atoms with Crippen molar-refractivity contribution in [1.29, 1.82) is 0 Å². The van der Waals surface area contributed by atoms with E-state index in [2.05, 4.69) is 50.0 Å². The van der Waals surface area contributed by atoms with Crippen molar-refractivity contribution in [3.8, 4) is 0 Å². The fourth-order valence-corrected chi connectivity index (χ4v) is 2.26. The molecule has 0 aliphatic heterocycles. The van der Waals surface area contributed by atoms with Crippen molar-refractivity contribution in [2.45, 2.75) is 53.1 Å². The van der Waals surface area contributed by atoms with Crippen LogP contribution in [-0.4, -0.2) is 24.6 Å². The minimum atomic E-state index is 0.488. The molecule has 1 aromatic rings. The number of aryl methyl sites for hydroxylation is 1. The van der Waals surface area contributed by atoms with E-state index in [4.69, 9.17) is 4.98 Å². The maximum Gasteiger partial charge on any atom is 0.129 e. The summed E-state index contributed by atoms with van der Waals surface area (Å²) in [6.45, 7) is 10.7. The van der Waals surface area contributed by atoms with Crippen LogP contribution in [0.2, 0.25) is 0 Å². The quantitative estimate of drug-likeness (QED) is 0.805. The van der Waals surface area contributed by atoms with E-state index in [0.717, 1.165) is 31.7 Å². The van der Waals surface area contributed by atoms with Gasteiger partial charge in [0.15, 0.2) is 0 Å². The van der Waals surface area contributed by atoms with Gasteiger partial charge in [-0.05, 0) is 51.9 Å². The molecule has 3 nitrogen and oxygen atoms in total. The van der Waals surface area contributed by atoms with Gasteiger partial charge in [-0.25, -0.2) is 4.98 Å². The van der Waals surface area contributed by atoms with Gasteiger partial charge in [0.2, 0.25) is 0 Å². The summed E-state index contributed by atoms with van der Waals surface area (Å²) in [5, 5.41) is 3.22. The molecule has 0 atom stereocenters. The van der Waals surface area contributed by atoms with Gasteiger partial charge in [0, 0.05) is 24.8 Å². The highest BCUT2D eigenvalue weighted by molar-refractivity contribution is 5.43. The first-order chi connectivity index (χ1) is 8.62. The third kappa shape index (κ3) is 3.98. The Balaban J connectivity index is 3.08. The molecule has 0 aliphatic rings. The van der Waals surface area contributed by atoms with E-state index >= 15 is 0 Å². The van der Waals surface area contributed by atoms with E-state index in [1.165, 1.54) is 11.3 Å². The molecule has 102 valence electrons. The van der Waals surface area contributed by atoms with Gasteiger partial charge >= 0.3 is 0 Å². The number of hydrogen-bond acceptors (Lipinski definition) is 3. The van der Waals surface area contributed by atoms with Gasteiger partial charge < -0.3 is 10.2 Å². The van der Waals surface area contributed by atoms with Crippen molar-refractivity contribution in [2.75, 3.05) is 18.5 Å². The van der Waals surface area contributed by atoms with Gasteiger partial charge in [0.05, 0.1) is 0 Å². The number of anilines is 1. The van der Waals surface area contributed by atoms with Crippen LogP contribution in [0.15, 0.2) is 12.1 Å². The van der Waals surface area contributed by atoms with Crippen LogP contribution in [0.1, 0.15) is 45.4 Å². The van der Waals surface area contributed by atoms with E-state index in [1.807, 2.05) is 7.05 Å². The van der Waals surface area contributed by atoms with Crippen molar-refractivity contribution in [1.82, 2.24) is 10.3 Å².